The summed E-state index contributed by atoms with van der Waals surface area (Å²) in [6.07, 6.45) is 6.36. The zero-order valence-electron chi connectivity index (χ0n) is 10.6. The van der Waals surface area contributed by atoms with Crippen LogP contribution in [0.15, 0.2) is 12.4 Å². The predicted octanol–water partition coefficient (Wildman–Crippen LogP) is 2.08. The van der Waals surface area contributed by atoms with E-state index in [2.05, 4.69) is 30.5 Å². The number of nitrogens with one attached hydrogen (secondary N) is 1. The Balaban J connectivity index is 2.41. The molecule has 0 saturated carbocycles. The van der Waals surface area contributed by atoms with Crippen LogP contribution in [-0.4, -0.2) is 33.9 Å². The monoisotopic (exact) mass is 241 g/mol. The molecule has 0 aromatic carbocycles. The van der Waals surface area contributed by atoms with Crippen molar-refractivity contribution in [3.8, 4) is 0 Å². The second-order valence-corrected chi connectivity index (χ2v) is 5.36. The van der Waals surface area contributed by atoms with Crippen LogP contribution in [0.5, 0.6) is 0 Å². The Morgan fingerprint density at radius 1 is 1.50 bits per heavy atom. The molecule has 3 nitrogen and oxygen atoms in total. The highest BCUT2D eigenvalue weighted by molar-refractivity contribution is 7.99. The van der Waals surface area contributed by atoms with Gasteiger partial charge >= 0.3 is 0 Å². The molecule has 16 heavy (non-hydrogen) atoms. The standard InChI is InChI=1S/C12H23N3S/c1-4-6-13-12(10-16-5-2)7-11-8-14-15(3)9-11/h8-9,12-13H,4-7,10H2,1-3H3. The molecular weight excluding hydrogens is 218 g/mol. The third-order valence-electron chi connectivity index (χ3n) is 2.45. The lowest BCUT2D eigenvalue weighted by Crippen LogP contribution is -2.34. The zero-order valence-corrected chi connectivity index (χ0v) is 11.4. The summed E-state index contributed by atoms with van der Waals surface area (Å²) in [6, 6.07) is 0.578. The SMILES string of the molecule is CCCNC(CSCC)Cc1cnn(C)c1. The van der Waals surface area contributed by atoms with Gasteiger partial charge in [-0.05, 0) is 30.7 Å². The van der Waals surface area contributed by atoms with Gasteiger partial charge in [0.25, 0.3) is 0 Å². The minimum atomic E-state index is 0.578. The Morgan fingerprint density at radius 2 is 2.31 bits per heavy atom. The maximum atomic E-state index is 4.21. The summed E-state index contributed by atoms with van der Waals surface area (Å²) in [7, 11) is 1.97. The molecule has 1 N–H and O–H groups in total. The number of hydrogen-bond acceptors (Lipinski definition) is 3. The third-order valence-corrected chi connectivity index (χ3v) is 3.49. The summed E-state index contributed by atoms with van der Waals surface area (Å²) < 4.78 is 1.87. The molecule has 0 saturated heterocycles. The van der Waals surface area contributed by atoms with Gasteiger partial charge < -0.3 is 5.32 Å². The molecule has 1 aromatic rings. The molecule has 92 valence electrons. The van der Waals surface area contributed by atoms with Crippen molar-refractivity contribution in [3.05, 3.63) is 18.0 Å². The molecule has 0 amide bonds. The number of hydrogen-bond donors (Lipinski definition) is 1. The molecule has 1 atom stereocenters. The van der Waals surface area contributed by atoms with Crippen molar-refractivity contribution in [2.45, 2.75) is 32.7 Å². The van der Waals surface area contributed by atoms with E-state index in [4.69, 9.17) is 0 Å². The lowest BCUT2D eigenvalue weighted by atomic mass is 10.1. The van der Waals surface area contributed by atoms with E-state index in [-0.39, 0.29) is 0 Å². The molecule has 0 spiro atoms. The normalized spacial score (nSPS) is 12.9. The van der Waals surface area contributed by atoms with Crippen molar-refractivity contribution in [1.82, 2.24) is 15.1 Å². The second kappa shape index (κ2) is 7.74. The van der Waals surface area contributed by atoms with Gasteiger partial charge in [0.05, 0.1) is 6.20 Å². The summed E-state index contributed by atoms with van der Waals surface area (Å²) in [5, 5.41) is 7.82. The summed E-state index contributed by atoms with van der Waals surface area (Å²) in [6.45, 7) is 5.53. The van der Waals surface area contributed by atoms with Crippen molar-refractivity contribution in [1.29, 1.82) is 0 Å². The largest absolute Gasteiger partial charge is 0.313 e. The average Bonchev–Trinajstić information content (AvgIpc) is 2.68. The molecule has 0 aliphatic rings. The van der Waals surface area contributed by atoms with Gasteiger partial charge in [-0.25, -0.2) is 0 Å². The molecule has 0 bridgehead atoms. The van der Waals surface area contributed by atoms with Crippen molar-refractivity contribution in [2.24, 2.45) is 7.05 Å². The van der Waals surface area contributed by atoms with Crippen molar-refractivity contribution >= 4 is 11.8 Å². The fourth-order valence-corrected chi connectivity index (χ4v) is 2.42. The minimum Gasteiger partial charge on any atom is -0.313 e. The van der Waals surface area contributed by atoms with Crippen molar-refractivity contribution in [2.75, 3.05) is 18.1 Å². The van der Waals surface area contributed by atoms with Gasteiger partial charge in [0.1, 0.15) is 0 Å². The van der Waals surface area contributed by atoms with Gasteiger partial charge in [-0.15, -0.1) is 0 Å². The Kier molecular flexibility index (Phi) is 6.57. The van der Waals surface area contributed by atoms with E-state index in [1.54, 1.807) is 0 Å². The molecule has 0 aliphatic carbocycles. The second-order valence-electron chi connectivity index (χ2n) is 4.04. The number of thioether (sulfide) groups is 1. The number of rotatable bonds is 8. The highest BCUT2D eigenvalue weighted by Crippen LogP contribution is 2.08. The molecule has 4 heteroatoms. The van der Waals surface area contributed by atoms with Crippen molar-refractivity contribution in [3.63, 3.8) is 0 Å². The van der Waals surface area contributed by atoms with Crippen LogP contribution in [0.1, 0.15) is 25.8 Å². The number of aromatic nitrogens is 2. The van der Waals surface area contributed by atoms with E-state index >= 15 is 0 Å². The molecule has 0 fully saturated rings. The maximum absolute atomic E-state index is 4.21. The molecule has 0 aliphatic heterocycles. The summed E-state index contributed by atoms with van der Waals surface area (Å²) in [5.41, 5.74) is 1.33. The molecular formula is C12H23N3S. The fraction of sp³-hybridized carbons (Fsp3) is 0.750. The quantitative estimate of drug-likeness (QED) is 0.756. The maximum Gasteiger partial charge on any atom is 0.0522 e. The van der Waals surface area contributed by atoms with Crippen LogP contribution in [0.25, 0.3) is 0 Å². The van der Waals surface area contributed by atoms with E-state index < -0.39 is 0 Å². The van der Waals surface area contributed by atoms with Crippen LogP contribution in [-0.2, 0) is 13.5 Å². The molecule has 0 radical (unpaired) electrons. The van der Waals surface area contributed by atoms with Gasteiger partial charge in [0.2, 0.25) is 0 Å². The van der Waals surface area contributed by atoms with Gasteiger partial charge in [-0.1, -0.05) is 13.8 Å². The first-order valence-corrected chi connectivity index (χ1v) is 7.20. The van der Waals surface area contributed by atoms with Gasteiger partial charge in [-0.3, -0.25) is 4.68 Å². The average molecular weight is 241 g/mol. The van der Waals surface area contributed by atoms with Crippen molar-refractivity contribution < 1.29 is 0 Å². The molecule has 1 unspecified atom stereocenters. The summed E-state index contributed by atoms with van der Waals surface area (Å²) in [5.74, 6) is 2.38. The van der Waals surface area contributed by atoms with E-state index in [0.717, 1.165) is 13.0 Å². The van der Waals surface area contributed by atoms with E-state index in [1.807, 2.05) is 29.7 Å². The van der Waals surface area contributed by atoms with Crippen LogP contribution in [0, 0.1) is 0 Å². The van der Waals surface area contributed by atoms with E-state index in [1.165, 1.54) is 23.5 Å². The first-order valence-electron chi connectivity index (χ1n) is 6.04. The Morgan fingerprint density at radius 3 is 2.88 bits per heavy atom. The first-order chi connectivity index (χ1) is 7.76. The highest BCUT2D eigenvalue weighted by Gasteiger charge is 2.09. The smallest absolute Gasteiger partial charge is 0.0522 e. The Labute approximate surface area is 103 Å². The topological polar surface area (TPSA) is 29.9 Å². The van der Waals surface area contributed by atoms with Gasteiger partial charge in [0.15, 0.2) is 0 Å². The van der Waals surface area contributed by atoms with Crippen LogP contribution in [0.4, 0.5) is 0 Å². The lowest BCUT2D eigenvalue weighted by molar-refractivity contribution is 0.550. The minimum absolute atomic E-state index is 0.578. The number of nitrogens with zero attached hydrogens (tertiary/aromatic N) is 2. The van der Waals surface area contributed by atoms with Crippen LogP contribution in [0.2, 0.25) is 0 Å². The predicted molar refractivity (Wildman–Crippen MR) is 72.0 cm³/mol. The third kappa shape index (κ3) is 5.03. The summed E-state index contributed by atoms with van der Waals surface area (Å²) >= 11 is 2.00. The summed E-state index contributed by atoms with van der Waals surface area (Å²) in [4.78, 5) is 0. The van der Waals surface area contributed by atoms with E-state index in [9.17, 15) is 0 Å². The molecule has 1 aromatic heterocycles. The van der Waals surface area contributed by atoms with E-state index in [0.29, 0.717) is 6.04 Å². The van der Waals surface area contributed by atoms with Crippen LogP contribution in [0.3, 0.4) is 0 Å². The lowest BCUT2D eigenvalue weighted by Gasteiger charge is -2.17. The Bertz CT molecular complexity index is 278. The zero-order chi connectivity index (χ0) is 11.8. The number of aryl methyl sites for hydroxylation is 1. The fourth-order valence-electron chi connectivity index (χ4n) is 1.66. The highest BCUT2D eigenvalue weighted by atomic mass is 32.2. The van der Waals surface area contributed by atoms with Gasteiger partial charge in [0, 0.05) is 25.0 Å². The Hall–Kier alpha value is -0.480. The first kappa shape index (κ1) is 13.6. The molecule has 1 heterocycles. The van der Waals surface area contributed by atoms with Gasteiger partial charge in [-0.2, -0.15) is 16.9 Å². The van der Waals surface area contributed by atoms with Crippen LogP contribution < -0.4 is 5.32 Å². The molecule has 1 rings (SSSR count). The van der Waals surface area contributed by atoms with Crippen LogP contribution >= 0.6 is 11.8 Å².